The first kappa shape index (κ1) is 14.8. The van der Waals surface area contributed by atoms with Crippen LogP contribution in [-0.2, 0) is 13.2 Å². The van der Waals surface area contributed by atoms with Gasteiger partial charge in [-0.25, -0.2) is 4.39 Å². The summed E-state index contributed by atoms with van der Waals surface area (Å²) in [5.74, 6) is 0.417. The van der Waals surface area contributed by atoms with Gasteiger partial charge in [0.2, 0.25) is 0 Å². The molecule has 0 unspecified atom stereocenters. The van der Waals surface area contributed by atoms with Gasteiger partial charge < -0.3 is 10.1 Å². The van der Waals surface area contributed by atoms with Crippen molar-refractivity contribution < 1.29 is 9.13 Å². The number of ether oxygens (including phenoxy) is 1. The largest absolute Gasteiger partial charge is 0.488 e. The molecular weight excluding hydrogens is 277 g/mol. The van der Waals surface area contributed by atoms with Gasteiger partial charge in [0.1, 0.15) is 18.2 Å². The molecule has 2 aromatic rings. The van der Waals surface area contributed by atoms with Crippen LogP contribution in [0, 0.1) is 12.7 Å². The van der Waals surface area contributed by atoms with Crippen LogP contribution in [0.1, 0.15) is 16.7 Å². The van der Waals surface area contributed by atoms with Gasteiger partial charge in [0.25, 0.3) is 0 Å². The van der Waals surface area contributed by atoms with E-state index in [-0.39, 0.29) is 12.4 Å². The van der Waals surface area contributed by atoms with Gasteiger partial charge in [0, 0.05) is 17.1 Å². The fourth-order valence-electron chi connectivity index (χ4n) is 1.94. The summed E-state index contributed by atoms with van der Waals surface area (Å²) in [7, 11) is 1.86. The SMILES string of the molecule is CNCc1ccc(F)c(COc2cc(Cl)ccc2C)c1. The lowest BCUT2D eigenvalue weighted by atomic mass is 10.1. The first-order valence-corrected chi connectivity index (χ1v) is 6.79. The van der Waals surface area contributed by atoms with E-state index in [1.54, 1.807) is 18.2 Å². The van der Waals surface area contributed by atoms with Gasteiger partial charge in [-0.1, -0.05) is 23.7 Å². The van der Waals surface area contributed by atoms with Crippen molar-refractivity contribution in [2.75, 3.05) is 7.05 Å². The van der Waals surface area contributed by atoms with Crippen molar-refractivity contribution >= 4 is 11.6 Å². The van der Waals surface area contributed by atoms with Gasteiger partial charge in [-0.3, -0.25) is 0 Å². The van der Waals surface area contributed by atoms with E-state index >= 15 is 0 Å². The molecule has 0 aromatic heterocycles. The molecule has 0 saturated carbocycles. The number of nitrogens with one attached hydrogen (secondary N) is 1. The highest BCUT2D eigenvalue weighted by Gasteiger charge is 2.06. The first-order chi connectivity index (χ1) is 9.60. The maximum Gasteiger partial charge on any atom is 0.129 e. The molecule has 0 aliphatic heterocycles. The van der Waals surface area contributed by atoms with E-state index in [4.69, 9.17) is 16.3 Å². The van der Waals surface area contributed by atoms with Crippen molar-refractivity contribution in [3.05, 3.63) is 63.9 Å². The molecule has 0 aliphatic carbocycles. The number of hydrogen-bond donors (Lipinski definition) is 1. The molecule has 0 heterocycles. The van der Waals surface area contributed by atoms with Crippen LogP contribution in [-0.4, -0.2) is 7.05 Å². The summed E-state index contributed by atoms with van der Waals surface area (Å²) < 4.78 is 19.4. The molecule has 20 heavy (non-hydrogen) atoms. The molecule has 2 nitrogen and oxygen atoms in total. The first-order valence-electron chi connectivity index (χ1n) is 6.41. The Balaban J connectivity index is 2.13. The minimum Gasteiger partial charge on any atom is -0.488 e. The van der Waals surface area contributed by atoms with Crippen LogP contribution in [0.3, 0.4) is 0 Å². The topological polar surface area (TPSA) is 21.3 Å². The van der Waals surface area contributed by atoms with E-state index in [1.165, 1.54) is 6.07 Å². The average molecular weight is 294 g/mol. The Labute approximate surface area is 123 Å². The van der Waals surface area contributed by atoms with Crippen LogP contribution in [0.5, 0.6) is 5.75 Å². The van der Waals surface area contributed by atoms with E-state index < -0.39 is 0 Å². The van der Waals surface area contributed by atoms with Crippen LogP contribution in [0.2, 0.25) is 5.02 Å². The highest BCUT2D eigenvalue weighted by Crippen LogP contribution is 2.24. The number of aryl methyl sites for hydroxylation is 1. The zero-order valence-corrected chi connectivity index (χ0v) is 12.3. The quantitative estimate of drug-likeness (QED) is 0.896. The summed E-state index contributed by atoms with van der Waals surface area (Å²) in [5.41, 5.74) is 2.54. The van der Waals surface area contributed by atoms with Crippen molar-refractivity contribution in [1.29, 1.82) is 0 Å². The molecule has 0 fully saturated rings. The minimum atomic E-state index is -0.260. The van der Waals surface area contributed by atoms with Crippen molar-refractivity contribution in [1.82, 2.24) is 5.32 Å². The van der Waals surface area contributed by atoms with Crippen molar-refractivity contribution in [3.8, 4) is 5.75 Å². The van der Waals surface area contributed by atoms with Gasteiger partial charge in [0.05, 0.1) is 0 Å². The second kappa shape index (κ2) is 6.73. The smallest absolute Gasteiger partial charge is 0.129 e. The maximum absolute atomic E-state index is 13.8. The molecule has 0 aliphatic rings. The Morgan fingerprint density at radius 1 is 1.20 bits per heavy atom. The van der Waals surface area contributed by atoms with Gasteiger partial charge in [-0.15, -0.1) is 0 Å². The number of hydrogen-bond acceptors (Lipinski definition) is 2. The fraction of sp³-hybridized carbons (Fsp3) is 0.250. The van der Waals surface area contributed by atoms with Crippen LogP contribution in [0.25, 0.3) is 0 Å². The third kappa shape index (κ3) is 3.71. The summed E-state index contributed by atoms with van der Waals surface area (Å²) in [6, 6.07) is 10.5. The highest BCUT2D eigenvalue weighted by atomic mass is 35.5. The Bertz CT molecular complexity index is 601. The normalized spacial score (nSPS) is 10.6. The molecule has 0 atom stereocenters. The Morgan fingerprint density at radius 2 is 2.00 bits per heavy atom. The second-order valence-electron chi connectivity index (χ2n) is 4.65. The van der Waals surface area contributed by atoms with E-state index in [1.807, 2.05) is 26.1 Å². The molecule has 0 bridgehead atoms. The molecule has 0 radical (unpaired) electrons. The Morgan fingerprint density at radius 3 is 2.75 bits per heavy atom. The Hall–Kier alpha value is -1.58. The highest BCUT2D eigenvalue weighted by molar-refractivity contribution is 6.30. The number of rotatable bonds is 5. The molecule has 0 amide bonds. The van der Waals surface area contributed by atoms with Crippen LogP contribution in [0.4, 0.5) is 4.39 Å². The van der Waals surface area contributed by atoms with Gasteiger partial charge >= 0.3 is 0 Å². The number of halogens is 2. The maximum atomic E-state index is 13.8. The van der Waals surface area contributed by atoms with Crippen LogP contribution < -0.4 is 10.1 Å². The monoisotopic (exact) mass is 293 g/mol. The van der Waals surface area contributed by atoms with Crippen molar-refractivity contribution in [2.24, 2.45) is 0 Å². The third-order valence-corrected chi connectivity index (χ3v) is 3.26. The standard InChI is InChI=1S/C16H17ClFNO/c1-11-3-5-14(17)8-16(11)20-10-13-7-12(9-19-2)4-6-15(13)18/h3-8,19H,9-10H2,1-2H3. The summed E-state index contributed by atoms with van der Waals surface area (Å²) in [6.07, 6.45) is 0. The predicted octanol–water partition coefficient (Wildman–Crippen LogP) is 4.09. The van der Waals surface area contributed by atoms with E-state index in [9.17, 15) is 4.39 Å². The lowest BCUT2D eigenvalue weighted by Gasteiger charge is -2.11. The number of benzene rings is 2. The van der Waals surface area contributed by atoms with E-state index in [0.29, 0.717) is 22.9 Å². The Kier molecular flexibility index (Phi) is 4.99. The second-order valence-corrected chi connectivity index (χ2v) is 5.09. The van der Waals surface area contributed by atoms with E-state index in [0.717, 1.165) is 11.1 Å². The lowest BCUT2D eigenvalue weighted by molar-refractivity contribution is 0.297. The zero-order chi connectivity index (χ0) is 14.5. The van der Waals surface area contributed by atoms with Crippen LogP contribution in [0.15, 0.2) is 36.4 Å². The van der Waals surface area contributed by atoms with Crippen molar-refractivity contribution in [3.63, 3.8) is 0 Å². The summed E-state index contributed by atoms with van der Waals surface area (Å²) in [4.78, 5) is 0. The zero-order valence-electron chi connectivity index (χ0n) is 11.5. The minimum absolute atomic E-state index is 0.185. The lowest BCUT2D eigenvalue weighted by Crippen LogP contribution is -2.07. The predicted molar refractivity (Wildman–Crippen MR) is 79.7 cm³/mol. The molecule has 2 rings (SSSR count). The molecule has 106 valence electrons. The average Bonchev–Trinajstić information content (AvgIpc) is 2.43. The van der Waals surface area contributed by atoms with Gasteiger partial charge in [-0.05, 0) is 49.4 Å². The van der Waals surface area contributed by atoms with E-state index in [2.05, 4.69) is 5.32 Å². The summed E-state index contributed by atoms with van der Waals surface area (Å²) in [5, 5.41) is 3.65. The van der Waals surface area contributed by atoms with Crippen LogP contribution >= 0.6 is 11.6 Å². The molecule has 2 aromatic carbocycles. The third-order valence-electron chi connectivity index (χ3n) is 3.02. The summed E-state index contributed by atoms with van der Waals surface area (Å²) >= 11 is 5.93. The molecule has 0 spiro atoms. The molecule has 4 heteroatoms. The molecule has 0 saturated heterocycles. The summed E-state index contributed by atoms with van der Waals surface area (Å²) in [6.45, 7) is 2.81. The van der Waals surface area contributed by atoms with Gasteiger partial charge in [0.15, 0.2) is 0 Å². The van der Waals surface area contributed by atoms with Crippen molar-refractivity contribution in [2.45, 2.75) is 20.1 Å². The molecule has 1 N–H and O–H groups in total. The molecular formula is C16H17ClFNO. The fourth-order valence-corrected chi connectivity index (χ4v) is 2.10. The van der Waals surface area contributed by atoms with Gasteiger partial charge in [-0.2, -0.15) is 0 Å².